The normalized spacial score (nSPS) is 20.8. The van der Waals surface area contributed by atoms with Crippen molar-refractivity contribution in [2.75, 3.05) is 61.0 Å². The van der Waals surface area contributed by atoms with Crippen molar-refractivity contribution in [2.24, 2.45) is 17.3 Å². The molecule has 4 aromatic rings. The fourth-order valence-electron chi connectivity index (χ4n) is 10.2. The van der Waals surface area contributed by atoms with Crippen LogP contribution in [-0.4, -0.2) is 138 Å². The van der Waals surface area contributed by atoms with Crippen molar-refractivity contribution >= 4 is 40.5 Å². The van der Waals surface area contributed by atoms with Crippen molar-refractivity contribution in [2.45, 2.75) is 104 Å². The number of carbonyl (C=O) groups is 5. The van der Waals surface area contributed by atoms with E-state index in [0.29, 0.717) is 51.9 Å². The first kappa shape index (κ1) is 51.0. The molecule has 4 amide bonds. The Bertz CT molecular complexity index is 2570. The number of amides is 4. The number of nitrogens with zero attached hydrogens (tertiary/aromatic N) is 6. The van der Waals surface area contributed by atoms with E-state index in [-0.39, 0.29) is 43.4 Å². The second kappa shape index (κ2) is 21.8. The van der Waals surface area contributed by atoms with Crippen LogP contribution in [0.4, 0.5) is 0 Å². The van der Waals surface area contributed by atoms with Crippen LogP contribution in [0.15, 0.2) is 72.9 Å². The van der Waals surface area contributed by atoms with E-state index in [0.717, 1.165) is 50.1 Å². The summed E-state index contributed by atoms with van der Waals surface area (Å²) >= 11 is 0. The lowest BCUT2D eigenvalue weighted by Crippen LogP contribution is -2.62. The van der Waals surface area contributed by atoms with Gasteiger partial charge in [0.2, 0.25) is 17.7 Å². The number of nitrogens with one attached hydrogen (secondary N) is 2. The molecular weight excluding hydrogens is 873 g/mol. The summed E-state index contributed by atoms with van der Waals surface area (Å²) in [5.41, 5.74) is 10.5. The number of methoxy groups -OCH3 is 1. The molecule has 7 rings (SSSR count). The second-order valence-electron chi connectivity index (χ2n) is 20.4. The molecule has 0 aliphatic carbocycles. The zero-order chi connectivity index (χ0) is 49.7. The van der Waals surface area contributed by atoms with Crippen molar-refractivity contribution < 1.29 is 33.4 Å². The van der Waals surface area contributed by atoms with Gasteiger partial charge in [-0.3, -0.25) is 34.0 Å². The third-order valence-electron chi connectivity index (χ3n) is 13.9. The van der Waals surface area contributed by atoms with Gasteiger partial charge in [-0.1, -0.05) is 64.1 Å². The number of ether oxygens (including phenoxy) is 2. The van der Waals surface area contributed by atoms with E-state index in [1.807, 2.05) is 58.0 Å². The number of fused-ring (bicyclic) bond motifs is 6. The van der Waals surface area contributed by atoms with Gasteiger partial charge in [0.05, 0.1) is 30.0 Å². The highest BCUT2D eigenvalue weighted by Gasteiger charge is 2.40. The number of likely N-dealkylation sites (tertiary alicyclic amines) is 1. The van der Waals surface area contributed by atoms with E-state index in [1.54, 1.807) is 37.4 Å². The molecule has 2 saturated heterocycles. The first-order chi connectivity index (χ1) is 32.9. The van der Waals surface area contributed by atoms with Crippen molar-refractivity contribution in [3.8, 4) is 22.4 Å². The standard InChI is InChI=1S/C54H72N8O7/c1-11-61-45-22-21-38-30-41(45)42(49(61)40-18-13-24-55-47(40)35(4)68-10)31-54(5,6)33-69-53(67)43-19-14-26-62(57-43)52(66)44(29-36-16-12-17-37(38)28-36)56-50(64)48(34(2)3)59(9)51(65)39-23-27-60(32-39)46(63)20-15-25-58(7)8/h12-13,15-18,20-22,24,28,30,34-35,39,43-44,48,57H,11,14,19,23,25-27,29,31-33H2,1-10H3,(H,56,64)/b20-15+/t35-,39-,43-,44-,48-/m0/s1. The number of benzene rings is 2. The van der Waals surface area contributed by atoms with E-state index in [1.165, 1.54) is 9.91 Å². The summed E-state index contributed by atoms with van der Waals surface area (Å²) in [6.45, 7) is 14.6. The number of esters is 1. The smallest absolute Gasteiger partial charge is 0.324 e. The lowest BCUT2D eigenvalue weighted by Gasteiger charge is -2.37. The average molecular weight is 945 g/mol. The van der Waals surface area contributed by atoms with Crippen LogP contribution < -0.4 is 10.7 Å². The number of aromatic nitrogens is 2. The van der Waals surface area contributed by atoms with Gasteiger partial charge in [0.25, 0.3) is 5.91 Å². The van der Waals surface area contributed by atoms with Gasteiger partial charge in [0.1, 0.15) is 18.1 Å². The summed E-state index contributed by atoms with van der Waals surface area (Å²) in [5.74, 6) is -2.45. The first-order valence-electron chi connectivity index (χ1n) is 24.5. The van der Waals surface area contributed by atoms with E-state index in [9.17, 15) is 24.0 Å². The second-order valence-corrected chi connectivity index (χ2v) is 20.4. The highest BCUT2D eigenvalue weighted by Crippen LogP contribution is 2.42. The van der Waals surface area contributed by atoms with Crippen LogP contribution in [0.1, 0.15) is 83.7 Å². The average Bonchev–Trinajstić information content (AvgIpc) is 3.95. The molecule has 3 aliphatic heterocycles. The lowest BCUT2D eigenvalue weighted by molar-refractivity contribution is -0.155. The van der Waals surface area contributed by atoms with Crippen molar-refractivity contribution in [3.63, 3.8) is 0 Å². The number of carbonyl (C=O) groups excluding carboxylic acids is 5. The van der Waals surface area contributed by atoms with Gasteiger partial charge in [-0.15, -0.1) is 0 Å². The van der Waals surface area contributed by atoms with E-state index in [4.69, 9.17) is 14.5 Å². The van der Waals surface area contributed by atoms with Crippen LogP contribution in [0, 0.1) is 17.3 Å². The minimum atomic E-state index is -1.05. The molecule has 5 heterocycles. The molecule has 2 fully saturated rings. The third-order valence-corrected chi connectivity index (χ3v) is 13.9. The molecular formula is C54H72N8O7. The molecule has 2 aromatic heterocycles. The SMILES string of the molecule is CCn1c(-c2cccnc2[C@H](C)OC)c2c3cc(ccc31)-c1cccc(c1)C[C@H](NC(=O)[C@H](C(C)C)N(C)C(=O)[C@H]1CCN(C(=O)/C=C/CN(C)C)C1)C(=O)N1CCC[C@H](N1)C(=O)OCC(C)(C)C2. The van der Waals surface area contributed by atoms with Gasteiger partial charge in [0.15, 0.2) is 0 Å². The van der Waals surface area contributed by atoms with Gasteiger partial charge >= 0.3 is 5.97 Å². The number of hydrogen-bond donors (Lipinski definition) is 2. The van der Waals surface area contributed by atoms with E-state index >= 15 is 0 Å². The number of aryl methyl sites for hydroxylation is 1. The fraction of sp³-hybridized carbons (Fsp3) is 0.519. The fourth-order valence-corrected chi connectivity index (χ4v) is 10.2. The molecule has 2 aromatic carbocycles. The Morgan fingerprint density at radius 1 is 1.01 bits per heavy atom. The van der Waals surface area contributed by atoms with Crippen LogP contribution in [0.25, 0.3) is 33.3 Å². The molecule has 0 unspecified atom stereocenters. The van der Waals surface area contributed by atoms with Crippen molar-refractivity contribution in [3.05, 3.63) is 89.8 Å². The lowest BCUT2D eigenvalue weighted by atomic mass is 9.84. The Morgan fingerprint density at radius 2 is 1.78 bits per heavy atom. The van der Waals surface area contributed by atoms with Crippen LogP contribution >= 0.6 is 0 Å². The van der Waals surface area contributed by atoms with Crippen molar-refractivity contribution in [1.82, 2.24) is 40.0 Å². The summed E-state index contributed by atoms with van der Waals surface area (Å²) in [5, 5.41) is 5.60. The predicted octanol–water partition coefficient (Wildman–Crippen LogP) is 6.20. The number of likely N-dealkylation sites (N-methyl/N-ethyl adjacent to an activating group) is 2. The Labute approximate surface area is 407 Å². The molecule has 15 heteroatoms. The van der Waals surface area contributed by atoms with Gasteiger partial charge in [-0.25, -0.2) is 5.43 Å². The Hall–Kier alpha value is -5.90. The molecule has 0 radical (unpaired) electrons. The monoisotopic (exact) mass is 945 g/mol. The van der Waals surface area contributed by atoms with Crippen molar-refractivity contribution in [1.29, 1.82) is 0 Å². The summed E-state index contributed by atoms with van der Waals surface area (Å²) in [4.78, 5) is 80.3. The highest BCUT2D eigenvalue weighted by atomic mass is 16.5. The zero-order valence-corrected chi connectivity index (χ0v) is 42.2. The number of rotatable bonds is 12. The molecule has 6 bridgehead atoms. The molecule has 3 aliphatic rings. The summed E-state index contributed by atoms with van der Waals surface area (Å²) in [6.07, 6.45) is 7.14. The molecule has 0 saturated carbocycles. The van der Waals surface area contributed by atoms with Crippen LogP contribution in [0.2, 0.25) is 0 Å². The zero-order valence-electron chi connectivity index (χ0n) is 42.2. The third kappa shape index (κ3) is 11.4. The highest BCUT2D eigenvalue weighted by molar-refractivity contribution is 5.96. The first-order valence-corrected chi connectivity index (χ1v) is 24.5. The molecule has 370 valence electrons. The minimum absolute atomic E-state index is 0.136. The summed E-state index contributed by atoms with van der Waals surface area (Å²) in [7, 11) is 7.17. The minimum Gasteiger partial charge on any atom is -0.464 e. The topological polar surface area (TPSA) is 159 Å². The summed E-state index contributed by atoms with van der Waals surface area (Å²) < 4.78 is 14.3. The maximum atomic E-state index is 14.8. The summed E-state index contributed by atoms with van der Waals surface area (Å²) in [6, 6.07) is 15.9. The number of cyclic esters (lactones) is 1. The molecule has 2 N–H and O–H groups in total. The van der Waals surface area contributed by atoms with Gasteiger partial charge in [0, 0.05) is 87.5 Å². The molecule has 69 heavy (non-hydrogen) atoms. The number of hydrogen-bond acceptors (Lipinski definition) is 10. The molecule has 0 spiro atoms. The Morgan fingerprint density at radius 3 is 2.51 bits per heavy atom. The van der Waals surface area contributed by atoms with Gasteiger partial charge in [-0.2, -0.15) is 0 Å². The van der Waals surface area contributed by atoms with Crippen LogP contribution in [0.5, 0.6) is 0 Å². The van der Waals surface area contributed by atoms with E-state index < -0.39 is 47.2 Å². The van der Waals surface area contributed by atoms with Gasteiger partial charge in [-0.05, 0) is 106 Å². The largest absolute Gasteiger partial charge is 0.464 e. The Kier molecular flexibility index (Phi) is 16.1. The maximum Gasteiger partial charge on any atom is 0.324 e. The van der Waals surface area contributed by atoms with Gasteiger partial charge < -0.3 is 34.1 Å². The molecule has 5 atom stereocenters. The van der Waals surface area contributed by atoms with E-state index in [2.05, 4.69) is 72.5 Å². The number of pyridine rings is 1. The maximum absolute atomic E-state index is 14.8. The Balaban J connectivity index is 1.24. The van der Waals surface area contributed by atoms with Crippen LogP contribution in [-0.2, 0) is 52.8 Å². The molecule has 15 nitrogen and oxygen atoms in total. The van der Waals surface area contributed by atoms with Crippen LogP contribution in [0.3, 0.4) is 0 Å². The number of hydrazine groups is 1. The quantitative estimate of drug-likeness (QED) is 0.124. The predicted molar refractivity (Wildman–Crippen MR) is 267 cm³/mol.